The average Bonchev–Trinajstić information content (AvgIpc) is 2.54. The second kappa shape index (κ2) is 6.45. The summed E-state index contributed by atoms with van der Waals surface area (Å²) in [5.41, 5.74) is 0.0275. The SMILES string of the molecule is FC(F)(F)c1ccc2c(n1)OCC(COCc1ccccc1)O2. The van der Waals surface area contributed by atoms with E-state index in [1.54, 1.807) is 0 Å². The molecule has 0 N–H and O–H groups in total. The first kappa shape index (κ1) is 15.6. The highest BCUT2D eigenvalue weighted by Gasteiger charge is 2.34. The molecule has 2 heterocycles. The highest BCUT2D eigenvalue weighted by atomic mass is 19.4. The van der Waals surface area contributed by atoms with Crippen LogP contribution in [0.4, 0.5) is 13.2 Å². The Balaban J connectivity index is 1.56. The third-order valence-electron chi connectivity index (χ3n) is 3.23. The fourth-order valence-corrected chi connectivity index (χ4v) is 2.13. The van der Waals surface area contributed by atoms with Gasteiger partial charge in [-0.3, -0.25) is 0 Å². The summed E-state index contributed by atoms with van der Waals surface area (Å²) in [6.07, 6.45) is -4.89. The van der Waals surface area contributed by atoms with Gasteiger partial charge in [0.15, 0.2) is 11.9 Å². The highest BCUT2D eigenvalue weighted by Crippen LogP contribution is 2.35. The van der Waals surface area contributed by atoms with Crippen molar-refractivity contribution < 1.29 is 27.4 Å². The number of ether oxygens (including phenoxy) is 3. The van der Waals surface area contributed by atoms with E-state index in [2.05, 4.69) is 4.98 Å². The van der Waals surface area contributed by atoms with E-state index in [1.165, 1.54) is 6.07 Å². The molecule has 1 aromatic heterocycles. The molecule has 1 aliphatic heterocycles. The Bertz CT molecular complexity index is 661. The molecule has 0 aliphatic carbocycles. The van der Waals surface area contributed by atoms with Crippen LogP contribution in [0, 0.1) is 0 Å². The number of halogens is 3. The zero-order valence-corrected chi connectivity index (χ0v) is 12.0. The Morgan fingerprint density at radius 1 is 1.13 bits per heavy atom. The maximum Gasteiger partial charge on any atom is 0.433 e. The Morgan fingerprint density at radius 2 is 1.91 bits per heavy atom. The van der Waals surface area contributed by atoms with E-state index in [4.69, 9.17) is 14.2 Å². The molecule has 0 amide bonds. The third kappa shape index (κ3) is 3.92. The Morgan fingerprint density at radius 3 is 2.65 bits per heavy atom. The van der Waals surface area contributed by atoms with Crippen molar-refractivity contribution in [1.82, 2.24) is 4.98 Å². The summed E-state index contributed by atoms with van der Waals surface area (Å²) in [5, 5.41) is 0. The first-order valence-corrected chi connectivity index (χ1v) is 7.02. The smallest absolute Gasteiger partial charge is 0.433 e. The normalized spacial score (nSPS) is 17.1. The maximum absolute atomic E-state index is 12.6. The van der Waals surface area contributed by atoms with E-state index in [9.17, 15) is 13.2 Å². The van der Waals surface area contributed by atoms with Gasteiger partial charge in [0, 0.05) is 0 Å². The van der Waals surface area contributed by atoms with E-state index < -0.39 is 11.9 Å². The van der Waals surface area contributed by atoms with Crippen LogP contribution < -0.4 is 9.47 Å². The standard InChI is InChI=1S/C16H14F3NO3/c17-16(18,19)14-7-6-13-15(20-14)22-10-12(23-13)9-21-8-11-4-2-1-3-5-11/h1-7,12H,8-10H2. The van der Waals surface area contributed by atoms with Crippen molar-refractivity contribution in [3.8, 4) is 11.6 Å². The van der Waals surface area contributed by atoms with E-state index in [1.807, 2.05) is 30.3 Å². The summed E-state index contributed by atoms with van der Waals surface area (Å²) in [6.45, 7) is 0.796. The van der Waals surface area contributed by atoms with E-state index in [0.717, 1.165) is 11.6 Å². The number of fused-ring (bicyclic) bond motifs is 1. The summed E-state index contributed by atoms with van der Waals surface area (Å²) in [6, 6.07) is 11.7. The molecule has 122 valence electrons. The molecule has 2 aromatic rings. The molecule has 0 bridgehead atoms. The molecule has 23 heavy (non-hydrogen) atoms. The van der Waals surface area contributed by atoms with Gasteiger partial charge in [0.25, 0.3) is 5.88 Å². The quantitative estimate of drug-likeness (QED) is 0.863. The molecule has 7 heteroatoms. The largest absolute Gasteiger partial charge is 0.479 e. The van der Waals surface area contributed by atoms with Crippen LogP contribution in [0.25, 0.3) is 0 Å². The lowest BCUT2D eigenvalue weighted by Crippen LogP contribution is -2.34. The first-order chi connectivity index (χ1) is 11.0. The van der Waals surface area contributed by atoms with Crippen molar-refractivity contribution in [2.75, 3.05) is 13.2 Å². The van der Waals surface area contributed by atoms with Crippen LogP contribution >= 0.6 is 0 Å². The van der Waals surface area contributed by atoms with Gasteiger partial charge >= 0.3 is 6.18 Å². The molecule has 3 rings (SSSR count). The molecule has 1 aliphatic rings. The Labute approximate surface area is 130 Å². The van der Waals surface area contributed by atoms with Crippen LogP contribution in [-0.2, 0) is 17.5 Å². The van der Waals surface area contributed by atoms with Gasteiger partial charge in [0.1, 0.15) is 12.3 Å². The summed E-state index contributed by atoms with van der Waals surface area (Å²) in [5.74, 6) is 0.0525. The van der Waals surface area contributed by atoms with Crippen molar-refractivity contribution >= 4 is 0 Å². The van der Waals surface area contributed by atoms with Crippen LogP contribution in [0.5, 0.6) is 11.6 Å². The van der Waals surface area contributed by atoms with Crippen LogP contribution in [0.2, 0.25) is 0 Å². The van der Waals surface area contributed by atoms with Crippen molar-refractivity contribution in [3.05, 3.63) is 53.7 Å². The van der Waals surface area contributed by atoms with Gasteiger partial charge in [-0.15, -0.1) is 0 Å². The van der Waals surface area contributed by atoms with Crippen LogP contribution in [0.3, 0.4) is 0 Å². The van der Waals surface area contributed by atoms with E-state index in [-0.39, 0.29) is 30.9 Å². The lowest BCUT2D eigenvalue weighted by Gasteiger charge is -2.26. The fourth-order valence-electron chi connectivity index (χ4n) is 2.13. The van der Waals surface area contributed by atoms with E-state index in [0.29, 0.717) is 6.61 Å². The molecule has 0 radical (unpaired) electrons. The second-order valence-electron chi connectivity index (χ2n) is 5.05. The number of hydrogen-bond acceptors (Lipinski definition) is 4. The fraction of sp³-hybridized carbons (Fsp3) is 0.312. The van der Waals surface area contributed by atoms with Crippen molar-refractivity contribution in [3.63, 3.8) is 0 Å². The number of hydrogen-bond donors (Lipinski definition) is 0. The van der Waals surface area contributed by atoms with Gasteiger partial charge in [-0.2, -0.15) is 13.2 Å². The molecule has 4 nitrogen and oxygen atoms in total. The van der Waals surface area contributed by atoms with Crippen LogP contribution in [0.15, 0.2) is 42.5 Å². The summed E-state index contributed by atoms with van der Waals surface area (Å²) >= 11 is 0. The molecule has 0 spiro atoms. The van der Waals surface area contributed by atoms with Gasteiger partial charge < -0.3 is 14.2 Å². The molecule has 0 saturated heterocycles. The van der Waals surface area contributed by atoms with Gasteiger partial charge in [-0.25, -0.2) is 4.98 Å². The maximum atomic E-state index is 12.6. The van der Waals surface area contributed by atoms with Crippen LogP contribution in [-0.4, -0.2) is 24.3 Å². The number of alkyl halides is 3. The number of nitrogens with zero attached hydrogens (tertiary/aromatic N) is 1. The monoisotopic (exact) mass is 325 g/mol. The molecule has 0 fully saturated rings. The van der Waals surface area contributed by atoms with Gasteiger partial charge in [-0.1, -0.05) is 30.3 Å². The number of aromatic nitrogens is 1. The molecule has 0 saturated carbocycles. The van der Waals surface area contributed by atoms with Crippen LogP contribution in [0.1, 0.15) is 11.3 Å². The van der Waals surface area contributed by atoms with Crippen molar-refractivity contribution in [2.24, 2.45) is 0 Å². The number of rotatable bonds is 4. The lowest BCUT2D eigenvalue weighted by atomic mass is 10.2. The first-order valence-electron chi connectivity index (χ1n) is 7.02. The Kier molecular flexibility index (Phi) is 4.38. The Hall–Kier alpha value is -2.28. The average molecular weight is 325 g/mol. The van der Waals surface area contributed by atoms with Gasteiger partial charge in [0.05, 0.1) is 13.2 Å². The summed E-state index contributed by atoms with van der Waals surface area (Å²) in [7, 11) is 0. The minimum Gasteiger partial charge on any atom is -0.479 e. The number of benzene rings is 1. The van der Waals surface area contributed by atoms with Crippen molar-refractivity contribution in [1.29, 1.82) is 0 Å². The second-order valence-corrected chi connectivity index (χ2v) is 5.05. The topological polar surface area (TPSA) is 40.6 Å². The van der Waals surface area contributed by atoms with Gasteiger partial charge in [0.2, 0.25) is 0 Å². The molecule has 1 unspecified atom stereocenters. The summed E-state index contributed by atoms with van der Waals surface area (Å²) < 4.78 is 54.1. The molecule has 1 aromatic carbocycles. The third-order valence-corrected chi connectivity index (χ3v) is 3.23. The van der Waals surface area contributed by atoms with Gasteiger partial charge in [-0.05, 0) is 17.7 Å². The summed E-state index contributed by atoms with van der Waals surface area (Å²) in [4.78, 5) is 3.43. The predicted octanol–water partition coefficient (Wildman–Crippen LogP) is 3.46. The minimum atomic E-state index is -4.51. The van der Waals surface area contributed by atoms with E-state index >= 15 is 0 Å². The molecular formula is C16H14F3NO3. The zero-order valence-electron chi connectivity index (χ0n) is 12.0. The predicted molar refractivity (Wildman–Crippen MR) is 75.2 cm³/mol. The van der Waals surface area contributed by atoms with Crippen molar-refractivity contribution in [2.45, 2.75) is 18.9 Å². The minimum absolute atomic E-state index is 0.0934. The highest BCUT2D eigenvalue weighted by molar-refractivity contribution is 5.37. The zero-order chi connectivity index (χ0) is 16.3. The number of pyridine rings is 1. The lowest BCUT2D eigenvalue weighted by molar-refractivity contribution is -0.141. The molecular weight excluding hydrogens is 311 g/mol. The molecule has 1 atom stereocenters.